The van der Waals surface area contributed by atoms with Crippen LogP contribution < -0.4 is 10.2 Å². The van der Waals surface area contributed by atoms with Crippen LogP contribution in [0.15, 0.2) is 18.3 Å². The van der Waals surface area contributed by atoms with Gasteiger partial charge < -0.3 is 10.2 Å². The Morgan fingerprint density at radius 2 is 2.28 bits per heavy atom. The van der Waals surface area contributed by atoms with Crippen LogP contribution in [0.4, 0.5) is 5.82 Å². The predicted octanol–water partition coefficient (Wildman–Crippen LogP) is 1.33. The third kappa shape index (κ3) is 2.82. The van der Waals surface area contributed by atoms with E-state index >= 15 is 0 Å². The highest BCUT2D eigenvalue weighted by molar-refractivity contribution is 5.47. The van der Waals surface area contributed by atoms with Crippen LogP contribution in [0.3, 0.4) is 0 Å². The minimum atomic E-state index is 0.642. The van der Waals surface area contributed by atoms with Crippen LogP contribution >= 0.6 is 0 Å². The van der Waals surface area contributed by atoms with E-state index in [1.54, 1.807) is 0 Å². The lowest BCUT2D eigenvalue weighted by Crippen LogP contribution is -2.51. The topological polar surface area (TPSA) is 31.4 Å². The highest BCUT2D eigenvalue weighted by Gasteiger charge is 2.24. The average molecular weight is 248 g/mol. The van der Waals surface area contributed by atoms with Crippen LogP contribution in [0.25, 0.3) is 0 Å². The zero-order chi connectivity index (χ0) is 13.0. The summed E-state index contributed by atoms with van der Waals surface area (Å²) in [6, 6.07) is 4.82. The largest absolute Gasteiger partial charge is 0.353 e. The van der Waals surface area contributed by atoms with Gasteiger partial charge in [0, 0.05) is 44.0 Å². The number of nitrogens with one attached hydrogen (secondary N) is 1. The Hall–Kier alpha value is -1.13. The summed E-state index contributed by atoms with van der Waals surface area (Å²) in [4.78, 5) is 9.47. The van der Waals surface area contributed by atoms with Gasteiger partial charge in [-0.15, -0.1) is 0 Å². The first-order chi connectivity index (χ1) is 8.76. The van der Waals surface area contributed by atoms with Crippen molar-refractivity contribution in [3.05, 3.63) is 23.9 Å². The minimum absolute atomic E-state index is 0.642. The highest BCUT2D eigenvalue weighted by atomic mass is 15.3. The van der Waals surface area contributed by atoms with Gasteiger partial charge in [0.2, 0.25) is 0 Å². The van der Waals surface area contributed by atoms with E-state index in [0.29, 0.717) is 6.04 Å². The Kier molecular flexibility index (Phi) is 4.55. The smallest absolute Gasteiger partial charge is 0.133 e. The number of piperazine rings is 1. The normalized spacial score (nSPS) is 21.3. The molecule has 4 nitrogen and oxygen atoms in total. The van der Waals surface area contributed by atoms with E-state index in [4.69, 9.17) is 0 Å². The minimum Gasteiger partial charge on any atom is -0.353 e. The Balaban J connectivity index is 2.16. The highest BCUT2D eigenvalue weighted by Crippen LogP contribution is 2.21. The fourth-order valence-electron chi connectivity index (χ4n) is 2.62. The number of hydrogen-bond donors (Lipinski definition) is 1. The van der Waals surface area contributed by atoms with E-state index in [1.807, 2.05) is 19.3 Å². The van der Waals surface area contributed by atoms with Gasteiger partial charge in [0.15, 0.2) is 0 Å². The number of aromatic nitrogens is 1. The van der Waals surface area contributed by atoms with Gasteiger partial charge in [-0.1, -0.05) is 13.0 Å². The number of nitrogens with zero attached hydrogens (tertiary/aromatic N) is 3. The SMILES string of the molecule is CCC1CN(c2ncccc2CNC)CCN1C. The van der Waals surface area contributed by atoms with Crippen molar-refractivity contribution in [2.75, 3.05) is 38.6 Å². The lowest BCUT2D eigenvalue weighted by molar-refractivity contribution is 0.212. The van der Waals surface area contributed by atoms with Gasteiger partial charge in [-0.3, -0.25) is 4.90 Å². The van der Waals surface area contributed by atoms with Crippen molar-refractivity contribution in [2.24, 2.45) is 0 Å². The number of rotatable bonds is 4. The van der Waals surface area contributed by atoms with Crippen LogP contribution in [0.5, 0.6) is 0 Å². The summed E-state index contributed by atoms with van der Waals surface area (Å²) in [7, 11) is 4.20. The number of hydrogen-bond acceptors (Lipinski definition) is 4. The summed E-state index contributed by atoms with van der Waals surface area (Å²) in [5, 5.41) is 3.22. The van der Waals surface area contributed by atoms with E-state index in [-0.39, 0.29) is 0 Å². The Morgan fingerprint density at radius 3 is 3.00 bits per heavy atom. The molecule has 1 unspecified atom stereocenters. The molecule has 1 saturated heterocycles. The third-order valence-corrected chi connectivity index (χ3v) is 3.78. The van der Waals surface area contributed by atoms with Crippen LogP contribution in [-0.2, 0) is 6.54 Å². The quantitative estimate of drug-likeness (QED) is 0.871. The molecule has 18 heavy (non-hydrogen) atoms. The van der Waals surface area contributed by atoms with E-state index in [1.165, 1.54) is 12.0 Å². The summed E-state index contributed by atoms with van der Waals surface area (Å²) in [5.74, 6) is 1.15. The van der Waals surface area contributed by atoms with Gasteiger partial charge in [-0.25, -0.2) is 4.98 Å². The molecule has 1 N–H and O–H groups in total. The third-order valence-electron chi connectivity index (χ3n) is 3.78. The zero-order valence-corrected chi connectivity index (χ0v) is 11.7. The second kappa shape index (κ2) is 6.16. The van der Waals surface area contributed by atoms with Gasteiger partial charge in [0.25, 0.3) is 0 Å². The first-order valence-electron chi connectivity index (χ1n) is 6.80. The molecule has 4 heteroatoms. The second-order valence-electron chi connectivity index (χ2n) is 5.01. The molecule has 1 aromatic rings. The van der Waals surface area contributed by atoms with Gasteiger partial charge >= 0.3 is 0 Å². The molecule has 1 aromatic heterocycles. The molecule has 0 bridgehead atoms. The Morgan fingerprint density at radius 1 is 1.44 bits per heavy atom. The zero-order valence-electron chi connectivity index (χ0n) is 11.7. The lowest BCUT2D eigenvalue weighted by Gasteiger charge is -2.40. The summed E-state index contributed by atoms with van der Waals surface area (Å²) in [6.07, 6.45) is 3.09. The van der Waals surface area contributed by atoms with Crippen molar-refractivity contribution < 1.29 is 0 Å². The Labute approximate surface area is 110 Å². The molecule has 1 aliphatic heterocycles. The maximum absolute atomic E-state index is 4.58. The van der Waals surface area contributed by atoms with E-state index in [0.717, 1.165) is 32.0 Å². The average Bonchev–Trinajstić information content (AvgIpc) is 2.40. The van der Waals surface area contributed by atoms with Crippen molar-refractivity contribution in [1.29, 1.82) is 0 Å². The maximum atomic E-state index is 4.58. The molecule has 2 heterocycles. The predicted molar refractivity (Wildman–Crippen MR) is 75.9 cm³/mol. The molecule has 1 aliphatic rings. The van der Waals surface area contributed by atoms with Gasteiger partial charge in [-0.2, -0.15) is 0 Å². The summed E-state index contributed by atoms with van der Waals surface area (Å²) < 4.78 is 0. The first-order valence-corrected chi connectivity index (χ1v) is 6.80. The summed E-state index contributed by atoms with van der Waals surface area (Å²) in [5.41, 5.74) is 1.29. The molecule has 0 amide bonds. The number of pyridine rings is 1. The van der Waals surface area contributed by atoms with E-state index in [2.05, 4.69) is 40.1 Å². The van der Waals surface area contributed by atoms with Crippen molar-refractivity contribution in [2.45, 2.75) is 25.9 Å². The molecule has 1 atom stereocenters. The van der Waals surface area contributed by atoms with Gasteiger partial charge in [0.05, 0.1) is 0 Å². The maximum Gasteiger partial charge on any atom is 0.133 e. The number of anilines is 1. The van der Waals surface area contributed by atoms with Crippen molar-refractivity contribution >= 4 is 5.82 Å². The first kappa shape index (κ1) is 13.3. The van der Waals surface area contributed by atoms with Gasteiger partial charge in [0.1, 0.15) is 5.82 Å². The molecule has 0 radical (unpaired) electrons. The fraction of sp³-hybridized carbons (Fsp3) is 0.643. The summed E-state index contributed by atoms with van der Waals surface area (Å²) >= 11 is 0. The molecule has 0 aromatic carbocycles. The standard InChI is InChI=1S/C14H24N4/c1-4-13-11-18(9-8-17(13)3)14-12(10-15-2)6-5-7-16-14/h5-7,13,15H,4,8-11H2,1-3H3. The molecule has 0 aliphatic carbocycles. The van der Waals surface area contributed by atoms with Crippen LogP contribution in [-0.4, -0.2) is 49.7 Å². The van der Waals surface area contributed by atoms with E-state index in [9.17, 15) is 0 Å². The van der Waals surface area contributed by atoms with Crippen molar-refractivity contribution in [3.8, 4) is 0 Å². The molecular formula is C14H24N4. The molecule has 2 rings (SSSR count). The van der Waals surface area contributed by atoms with Gasteiger partial charge in [-0.05, 0) is 26.6 Å². The second-order valence-corrected chi connectivity index (χ2v) is 5.01. The molecule has 100 valence electrons. The molecule has 0 spiro atoms. The van der Waals surface area contributed by atoms with Crippen LogP contribution in [0.2, 0.25) is 0 Å². The number of likely N-dealkylation sites (N-methyl/N-ethyl adjacent to an activating group) is 1. The summed E-state index contributed by atoms with van der Waals surface area (Å²) in [6.45, 7) is 6.42. The molecule has 1 fully saturated rings. The van der Waals surface area contributed by atoms with Crippen LogP contribution in [0, 0.1) is 0 Å². The molecule has 0 saturated carbocycles. The monoisotopic (exact) mass is 248 g/mol. The lowest BCUT2D eigenvalue weighted by atomic mass is 10.1. The molecular weight excluding hydrogens is 224 g/mol. The van der Waals surface area contributed by atoms with Crippen molar-refractivity contribution in [1.82, 2.24) is 15.2 Å². The Bertz CT molecular complexity index is 380. The van der Waals surface area contributed by atoms with E-state index < -0.39 is 0 Å². The van der Waals surface area contributed by atoms with Crippen LogP contribution in [0.1, 0.15) is 18.9 Å². The fourth-order valence-corrected chi connectivity index (χ4v) is 2.62. The van der Waals surface area contributed by atoms with Crippen molar-refractivity contribution in [3.63, 3.8) is 0 Å².